The third-order valence-electron chi connectivity index (χ3n) is 3.26. The van der Waals surface area contributed by atoms with Gasteiger partial charge in [0.25, 0.3) is 5.56 Å². The number of halogens is 2. The minimum Gasteiger partial charge on any atom is -0.304 e. The van der Waals surface area contributed by atoms with Crippen molar-refractivity contribution in [1.82, 2.24) is 4.57 Å². The Balaban J connectivity index is 2.18. The number of para-hydroxylation sites is 1. The van der Waals surface area contributed by atoms with Crippen molar-refractivity contribution >= 4 is 26.8 Å². The van der Waals surface area contributed by atoms with Crippen LogP contribution >= 0.6 is 15.9 Å². The van der Waals surface area contributed by atoms with Crippen LogP contribution < -0.4 is 5.56 Å². The van der Waals surface area contributed by atoms with Crippen LogP contribution in [0.5, 0.6) is 0 Å². The van der Waals surface area contributed by atoms with Crippen LogP contribution in [-0.2, 0) is 6.54 Å². The molecule has 4 heteroatoms. The van der Waals surface area contributed by atoms with Crippen molar-refractivity contribution in [3.8, 4) is 0 Å². The first kappa shape index (κ1) is 13.1. The minimum absolute atomic E-state index is 0.0974. The molecule has 0 unspecified atom stereocenters. The van der Waals surface area contributed by atoms with Crippen LogP contribution in [0.1, 0.15) is 5.56 Å². The topological polar surface area (TPSA) is 22.0 Å². The zero-order valence-electron chi connectivity index (χ0n) is 10.5. The van der Waals surface area contributed by atoms with Crippen molar-refractivity contribution in [2.75, 3.05) is 0 Å². The fraction of sp³-hybridized carbons (Fsp3) is 0.0625. The van der Waals surface area contributed by atoms with E-state index in [9.17, 15) is 9.18 Å². The molecule has 2 nitrogen and oxygen atoms in total. The van der Waals surface area contributed by atoms with E-state index in [1.165, 1.54) is 12.1 Å². The lowest BCUT2D eigenvalue weighted by Crippen LogP contribution is -2.20. The van der Waals surface area contributed by atoms with Gasteiger partial charge in [-0.2, -0.15) is 0 Å². The molecule has 0 fully saturated rings. The molecule has 0 aliphatic heterocycles. The Morgan fingerprint density at radius 1 is 1.00 bits per heavy atom. The number of hydrogen-bond donors (Lipinski definition) is 0. The van der Waals surface area contributed by atoms with Gasteiger partial charge in [0.15, 0.2) is 0 Å². The summed E-state index contributed by atoms with van der Waals surface area (Å²) in [4.78, 5) is 12.1. The summed E-state index contributed by atoms with van der Waals surface area (Å²) in [6, 6.07) is 15.8. The fourth-order valence-electron chi connectivity index (χ4n) is 2.25. The Kier molecular flexibility index (Phi) is 3.40. The first-order valence-corrected chi connectivity index (χ1v) is 6.97. The number of hydrogen-bond acceptors (Lipinski definition) is 1. The molecule has 20 heavy (non-hydrogen) atoms. The van der Waals surface area contributed by atoms with Crippen molar-refractivity contribution in [3.63, 3.8) is 0 Å². The van der Waals surface area contributed by atoms with Gasteiger partial charge in [-0.15, -0.1) is 0 Å². The summed E-state index contributed by atoms with van der Waals surface area (Å²) >= 11 is 3.24. The van der Waals surface area contributed by atoms with E-state index in [0.717, 1.165) is 16.5 Å². The van der Waals surface area contributed by atoms with Gasteiger partial charge in [0.2, 0.25) is 0 Å². The molecule has 3 rings (SSSR count). The molecule has 2 aromatic carbocycles. The Labute approximate surface area is 123 Å². The molecule has 0 saturated heterocycles. The largest absolute Gasteiger partial charge is 0.304 e. The summed E-state index contributed by atoms with van der Waals surface area (Å²) in [6.45, 7) is 0.332. The lowest BCUT2D eigenvalue weighted by Gasteiger charge is -2.11. The summed E-state index contributed by atoms with van der Waals surface area (Å²) < 4.78 is 15.6. The minimum atomic E-state index is -0.323. The van der Waals surface area contributed by atoms with Crippen LogP contribution in [0.25, 0.3) is 10.9 Å². The number of benzene rings is 2. The number of nitrogens with zero attached hydrogens (tertiary/aromatic N) is 1. The predicted octanol–water partition coefficient (Wildman–Crippen LogP) is 3.95. The van der Waals surface area contributed by atoms with Crippen LogP contribution in [0, 0.1) is 5.82 Å². The van der Waals surface area contributed by atoms with Crippen LogP contribution in [0.4, 0.5) is 4.39 Å². The summed E-state index contributed by atoms with van der Waals surface area (Å²) in [5, 5.41) is 0.986. The third kappa shape index (κ3) is 2.27. The number of rotatable bonds is 2. The van der Waals surface area contributed by atoms with Crippen molar-refractivity contribution in [2.45, 2.75) is 6.54 Å². The Bertz CT molecular complexity index is 841. The zero-order valence-corrected chi connectivity index (χ0v) is 12.1. The van der Waals surface area contributed by atoms with Crippen molar-refractivity contribution in [2.24, 2.45) is 0 Å². The van der Waals surface area contributed by atoms with Crippen molar-refractivity contribution in [3.05, 3.63) is 80.8 Å². The maximum Gasteiger partial charge on any atom is 0.251 e. The molecule has 0 aliphatic rings. The average Bonchev–Trinajstić information content (AvgIpc) is 2.46. The molecule has 3 aromatic rings. The van der Waals surface area contributed by atoms with E-state index < -0.39 is 0 Å². The van der Waals surface area contributed by atoms with E-state index in [-0.39, 0.29) is 11.4 Å². The van der Waals surface area contributed by atoms with Gasteiger partial charge in [-0.3, -0.25) is 4.79 Å². The van der Waals surface area contributed by atoms with Crippen LogP contribution in [0.15, 0.2) is 63.9 Å². The molecule has 0 saturated carbocycles. The van der Waals surface area contributed by atoms with E-state index >= 15 is 0 Å². The van der Waals surface area contributed by atoms with Gasteiger partial charge in [-0.05, 0) is 45.1 Å². The van der Waals surface area contributed by atoms with E-state index in [1.807, 2.05) is 24.3 Å². The second-order valence-electron chi connectivity index (χ2n) is 4.53. The second-order valence-corrected chi connectivity index (χ2v) is 5.32. The number of fused-ring (bicyclic) bond motifs is 1. The summed E-state index contributed by atoms with van der Waals surface area (Å²) in [5.41, 5.74) is 1.49. The van der Waals surface area contributed by atoms with E-state index in [2.05, 4.69) is 15.9 Å². The average molecular weight is 332 g/mol. The third-order valence-corrected chi connectivity index (χ3v) is 4.15. The molecule has 100 valence electrons. The molecule has 1 heterocycles. The Morgan fingerprint density at radius 2 is 1.80 bits per heavy atom. The van der Waals surface area contributed by atoms with Gasteiger partial charge < -0.3 is 4.57 Å². The molecular formula is C16H11BrFNO. The highest BCUT2D eigenvalue weighted by molar-refractivity contribution is 9.10. The zero-order chi connectivity index (χ0) is 14.1. The van der Waals surface area contributed by atoms with E-state index in [1.54, 1.807) is 22.8 Å². The van der Waals surface area contributed by atoms with Crippen LogP contribution in [0.3, 0.4) is 0 Å². The molecule has 0 aliphatic carbocycles. The highest BCUT2D eigenvalue weighted by Crippen LogP contribution is 2.22. The van der Waals surface area contributed by atoms with Gasteiger partial charge in [-0.25, -0.2) is 4.39 Å². The standard InChI is InChI=1S/C16H11BrFNO/c17-16-12(5-3-6-13(16)18)10-19-14-7-2-1-4-11(14)8-9-15(19)20/h1-9H,10H2. The molecule has 0 N–H and O–H groups in total. The van der Waals surface area contributed by atoms with Gasteiger partial charge in [-0.1, -0.05) is 30.3 Å². The molecule has 1 aromatic heterocycles. The van der Waals surface area contributed by atoms with Crippen LogP contribution in [-0.4, -0.2) is 4.57 Å². The molecule has 0 amide bonds. The number of aromatic nitrogens is 1. The summed E-state index contributed by atoms with van der Waals surface area (Å²) in [5.74, 6) is -0.323. The molecule has 0 spiro atoms. The molecule has 0 bridgehead atoms. The molecule has 0 atom stereocenters. The highest BCUT2D eigenvalue weighted by Gasteiger charge is 2.08. The Morgan fingerprint density at radius 3 is 2.65 bits per heavy atom. The maximum absolute atomic E-state index is 13.6. The maximum atomic E-state index is 13.6. The van der Waals surface area contributed by atoms with E-state index in [4.69, 9.17) is 0 Å². The Hall–Kier alpha value is -1.94. The van der Waals surface area contributed by atoms with Gasteiger partial charge in [0, 0.05) is 6.07 Å². The van der Waals surface area contributed by atoms with Gasteiger partial charge >= 0.3 is 0 Å². The quantitative estimate of drug-likeness (QED) is 0.696. The monoisotopic (exact) mass is 331 g/mol. The van der Waals surface area contributed by atoms with Gasteiger partial charge in [0.1, 0.15) is 5.82 Å². The first-order valence-electron chi connectivity index (χ1n) is 6.18. The second kappa shape index (κ2) is 5.21. The molecular weight excluding hydrogens is 321 g/mol. The van der Waals surface area contributed by atoms with Crippen LogP contribution in [0.2, 0.25) is 0 Å². The van der Waals surface area contributed by atoms with Crippen molar-refractivity contribution < 1.29 is 4.39 Å². The van der Waals surface area contributed by atoms with Crippen molar-refractivity contribution in [1.29, 1.82) is 0 Å². The summed E-state index contributed by atoms with van der Waals surface area (Å²) in [6.07, 6.45) is 0. The highest BCUT2D eigenvalue weighted by atomic mass is 79.9. The summed E-state index contributed by atoms with van der Waals surface area (Å²) in [7, 11) is 0. The van der Waals surface area contributed by atoms with Gasteiger partial charge in [0.05, 0.1) is 16.5 Å². The number of pyridine rings is 1. The smallest absolute Gasteiger partial charge is 0.251 e. The lowest BCUT2D eigenvalue weighted by atomic mass is 10.2. The fourth-order valence-corrected chi connectivity index (χ4v) is 2.64. The first-order chi connectivity index (χ1) is 9.66. The lowest BCUT2D eigenvalue weighted by molar-refractivity contribution is 0.616. The SMILES string of the molecule is O=c1ccc2ccccc2n1Cc1cccc(F)c1Br. The molecule has 0 radical (unpaired) electrons. The normalized spacial score (nSPS) is 10.9. The predicted molar refractivity (Wildman–Crippen MR) is 81.4 cm³/mol. The van der Waals surface area contributed by atoms with E-state index in [0.29, 0.717) is 11.0 Å².